The van der Waals surface area contributed by atoms with E-state index < -0.39 is 0 Å². The maximum Gasteiger partial charge on any atom is 0.0319 e. The summed E-state index contributed by atoms with van der Waals surface area (Å²) in [5, 5.41) is 7.00. The summed E-state index contributed by atoms with van der Waals surface area (Å²) in [5.74, 6) is 0. The van der Waals surface area contributed by atoms with Crippen LogP contribution in [0.15, 0.2) is 0 Å². The summed E-state index contributed by atoms with van der Waals surface area (Å²) in [4.78, 5) is 2.54. The molecule has 3 N–H and O–H groups in total. The fraction of sp³-hybridized carbons (Fsp3) is 1.00. The zero-order valence-electron chi connectivity index (χ0n) is 9.64. The highest BCUT2D eigenvalue weighted by Gasteiger charge is 1.98. The Bertz CT molecular complexity index is 55.7. The first-order valence-corrected chi connectivity index (χ1v) is 5.02. The van der Waals surface area contributed by atoms with Crippen molar-refractivity contribution in [1.82, 2.24) is 4.90 Å². The first-order valence-electron chi connectivity index (χ1n) is 5.02. The van der Waals surface area contributed by atoms with Crippen LogP contribution in [0.2, 0.25) is 0 Å². The minimum atomic E-state index is 0. The van der Waals surface area contributed by atoms with E-state index in [9.17, 15) is 0 Å². The van der Waals surface area contributed by atoms with Gasteiger partial charge in [-0.1, -0.05) is 20.8 Å². The third-order valence-corrected chi connectivity index (χ3v) is 1.62. The van der Waals surface area contributed by atoms with Crippen molar-refractivity contribution in [2.75, 3.05) is 26.7 Å². The molecule has 3 nitrogen and oxygen atoms in total. The molecule has 13 heavy (non-hydrogen) atoms. The number of aliphatic hydroxyl groups excluding tert-OH is 1. The monoisotopic (exact) mass is 193 g/mol. The molecule has 0 aliphatic heterocycles. The molecule has 0 aromatic rings. The minimum Gasteiger partial charge on any atom is -0.412 e. The van der Waals surface area contributed by atoms with Gasteiger partial charge in [0, 0.05) is 7.11 Å². The van der Waals surface area contributed by atoms with Crippen LogP contribution < -0.4 is 0 Å². The van der Waals surface area contributed by atoms with Crippen molar-refractivity contribution in [2.45, 2.75) is 40.0 Å². The van der Waals surface area contributed by atoms with E-state index in [0.29, 0.717) is 0 Å². The molecule has 0 aliphatic rings. The van der Waals surface area contributed by atoms with Crippen LogP contribution in [0.1, 0.15) is 40.0 Å². The molecule has 0 unspecified atom stereocenters. The van der Waals surface area contributed by atoms with Crippen molar-refractivity contribution in [2.24, 2.45) is 0 Å². The average Bonchev–Trinajstić information content (AvgIpc) is 2.10. The van der Waals surface area contributed by atoms with Gasteiger partial charge in [-0.15, -0.1) is 0 Å². The van der Waals surface area contributed by atoms with Crippen LogP contribution >= 0.6 is 0 Å². The van der Waals surface area contributed by atoms with Crippen LogP contribution in [-0.4, -0.2) is 42.2 Å². The second-order valence-corrected chi connectivity index (χ2v) is 2.84. The van der Waals surface area contributed by atoms with Crippen molar-refractivity contribution in [3.05, 3.63) is 0 Å². The van der Waals surface area contributed by atoms with Crippen molar-refractivity contribution in [3.8, 4) is 0 Å². The van der Waals surface area contributed by atoms with Crippen LogP contribution in [0.25, 0.3) is 0 Å². The molecule has 0 aromatic carbocycles. The molecular formula is C10H27NO2. The highest BCUT2D eigenvalue weighted by atomic mass is 16.2. The van der Waals surface area contributed by atoms with Crippen LogP contribution in [0.5, 0.6) is 0 Å². The number of aliphatic hydroxyl groups is 1. The first-order chi connectivity index (χ1) is 5.85. The van der Waals surface area contributed by atoms with E-state index in [-0.39, 0.29) is 5.48 Å². The molecule has 0 atom stereocenters. The molecule has 0 aromatic heterocycles. The van der Waals surface area contributed by atoms with Gasteiger partial charge >= 0.3 is 0 Å². The Morgan fingerprint density at radius 2 is 1.00 bits per heavy atom. The number of hydrogen-bond donors (Lipinski definition) is 1. The normalized spacial score (nSPS) is 8.77. The molecule has 0 bridgehead atoms. The molecular weight excluding hydrogens is 166 g/mol. The van der Waals surface area contributed by atoms with E-state index in [0.717, 1.165) is 7.11 Å². The highest BCUT2D eigenvalue weighted by Crippen LogP contribution is 1.94. The molecule has 0 heterocycles. The lowest BCUT2D eigenvalue weighted by Crippen LogP contribution is -2.25. The van der Waals surface area contributed by atoms with E-state index in [1.807, 2.05) is 0 Å². The lowest BCUT2D eigenvalue weighted by atomic mass is 10.3. The topological polar surface area (TPSA) is 55.0 Å². The van der Waals surface area contributed by atoms with Crippen LogP contribution in [0.3, 0.4) is 0 Å². The molecule has 0 amide bonds. The Labute approximate surface area is 83.1 Å². The standard InChI is InChI=1S/C9H21N.CH4O.H2O/c1-4-7-10(8-5-2)9-6-3;1-2;/h4-9H2,1-3H3;2H,1H3;1H2. The van der Waals surface area contributed by atoms with Crippen LogP contribution in [-0.2, 0) is 0 Å². The van der Waals surface area contributed by atoms with E-state index in [1.165, 1.54) is 38.9 Å². The molecule has 0 radical (unpaired) electrons. The molecule has 0 fully saturated rings. The average molecular weight is 193 g/mol. The van der Waals surface area contributed by atoms with Gasteiger partial charge < -0.3 is 15.5 Å². The first kappa shape index (κ1) is 18.6. The molecule has 84 valence electrons. The summed E-state index contributed by atoms with van der Waals surface area (Å²) < 4.78 is 0. The van der Waals surface area contributed by atoms with Crippen molar-refractivity contribution < 1.29 is 10.6 Å². The maximum absolute atomic E-state index is 7.00. The quantitative estimate of drug-likeness (QED) is 0.691. The van der Waals surface area contributed by atoms with Crippen LogP contribution in [0, 0.1) is 0 Å². The number of rotatable bonds is 6. The molecule has 0 rings (SSSR count). The van der Waals surface area contributed by atoms with Crippen molar-refractivity contribution >= 4 is 0 Å². The predicted molar refractivity (Wildman–Crippen MR) is 59.1 cm³/mol. The third kappa shape index (κ3) is 14.7. The van der Waals surface area contributed by atoms with E-state index in [4.69, 9.17) is 5.11 Å². The summed E-state index contributed by atoms with van der Waals surface area (Å²) in [7, 11) is 1.00. The van der Waals surface area contributed by atoms with Gasteiger partial charge in [0.05, 0.1) is 0 Å². The van der Waals surface area contributed by atoms with Gasteiger partial charge in [-0.05, 0) is 38.9 Å². The largest absolute Gasteiger partial charge is 0.412 e. The zero-order chi connectivity index (χ0) is 9.82. The number of hydrogen-bond acceptors (Lipinski definition) is 2. The zero-order valence-corrected chi connectivity index (χ0v) is 9.64. The Morgan fingerprint density at radius 3 is 1.15 bits per heavy atom. The minimum absolute atomic E-state index is 0. The Kier molecular flexibility index (Phi) is 25.5. The molecule has 0 aliphatic carbocycles. The Balaban J connectivity index is -0.000000309. The lowest BCUT2D eigenvalue weighted by molar-refractivity contribution is 0.275. The predicted octanol–water partition coefficient (Wildman–Crippen LogP) is 1.30. The summed E-state index contributed by atoms with van der Waals surface area (Å²) in [6, 6.07) is 0. The van der Waals surface area contributed by atoms with Crippen molar-refractivity contribution in [1.29, 1.82) is 0 Å². The molecule has 0 spiro atoms. The Morgan fingerprint density at radius 1 is 0.769 bits per heavy atom. The molecule has 3 heteroatoms. The van der Waals surface area contributed by atoms with Crippen molar-refractivity contribution in [3.63, 3.8) is 0 Å². The summed E-state index contributed by atoms with van der Waals surface area (Å²) in [6.45, 7) is 10.6. The fourth-order valence-corrected chi connectivity index (χ4v) is 1.28. The number of nitrogens with zero attached hydrogens (tertiary/aromatic N) is 1. The smallest absolute Gasteiger partial charge is 0.0319 e. The lowest BCUT2D eigenvalue weighted by Gasteiger charge is -2.19. The van der Waals surface area contributed by atoms with Gasteiger partial charge in [-0.25, -0.2) is 0 Å². The fourth-order valence-electron chi connectivity index (χ4n) is 1.28. The Hall–Kier alpha value is -0.120. The molecule has 0 saturated heterocycles. The third-order valence-electron chi connectivity index (χ3n) is 1.62. The van der Waals surface area contributed by atoms with E-state index in [1.54, 1.807) is 0 Å². The van der Waals surface area contributed by atoms with Gasteiger partial charge in [0.25, 0.3) is 0 Å². The van der Waals surface area contributed by atoms with Crippen LogP contribution in [0.4, 0.5) is 0 Å². The van der Waals surface area contributed by atoms with Gasteiger partial charge in [-0.2, -0.15) is 0 Å². The van der Waals surface area contributed by atoms with Gasteiger partial charge in [0.15, 0.2) is 0 Å². The van der Waals surface area contributed by atoms with Gasteiger partial charge in [-0.3, -0.25) is 0 Å². The van der Waals surface area contributed by atoms with E-state index >= 15 is 0 Å². The highest BCUT2D eigenvalue weighted by molar-refractivity contribution is 4.53. The van der Waals surface area contributed by atoms with Gasteiger partial charge in [0.1, 0.15) is 0 Å². The second-order valence-electron chi connectivity index (χ2n) is 2.84. The second kappa shape index (κ2) is 17.8. The summed E-state index contributed by atoms with van der Waals surface area (Å²) >= 11 is 0. The maximum atomic E-state index is 7.00. The summed E-state index contributed by atoms with van der Waals surface area (Å²) in [6.07, 6.45) is 3.88. The van der Waals surface area contributed by atoms with Gasteiger partial charge in [0.2, 0.25) is 0 Å². The van der Waals surface area contributed by atoms with E-state index in [2.05, 4.69) is 25.7 Å². The molecule has 0 saturated carbocycles. The summed E-state index contributed by atoms with van der Waals surface area (Å²) in [5.41, 5.74) is 0. The SMILES string of the molecule is CCCN(CCC)CCC.CO.O.